The average Bonchev–Trinajstić information content (AvgIpc) is 2.98. The molecule has 0 aromatic carbocycles. The van der Waals surface area contributed by atoms with E-state index in [4.69, 9.17) is 5.73 Å². The Morgan fingerprint density at radius 3 is 2.84 bits per heavy atom. The molecule has 3 rings (SSSR count). The van der Waals surface area contributed by atoms with E-state index in [1.165, 1.54) is 6.20 Å². The van der Waals surface area contributed by atoms with Crippen molar-refractivity contribution in [3.8, 4) is 0 Å². The molecule has 1 aliphatic rings. The maximum absolute atomic E-state index is 12.7. The minimum atomic E-state index is -0.732. The number of aliphatic hydroxyl groups excluding tert-OH is 1. The fourth-order valence-electron chi connectivity index (χ4n) is 2.57. The third-order valence-electron chi connectivity index (χ3n) is 3.70. The average molecular weight is 359 g/mol. The Kier molecular flexibility index (Phi) is 4.66. The van der Waals surface area contributed by atoms with Crippen molar-refractivity contribution in [2.45, 2.75) is 19.8 Å². The number of hydrogen-bond acceptors (Lipinski definition) is 7. The second-order valence-electron chi connectivity index (χ2n) is 5.40. The summed E-state index contributed by atoms with van der Waals surface area (Å²) in [5, 5.41) is 16.2. The molecule has 0 saturated heterocycles. The second-order valence-corrected chi connectivity index (χ2v) is 6.40. The molecule has 2 amide bonds. The summed E-state index contributed by atoms with van der Waals surface area (Å²) in [5.74, 6) is 0.333. The van der Waals surface area contributed by atoms with Crippen LogP contribution in [0.25, 0.3) is 5.76 Å². The lowest BCUT2D eigenvalue weighted by Crippen LogP contribution is -2.19. The number of aryl methyl sites for hydroxylation is 1. The molecule has 0 unspecified atom stereocenters. The fraction of sp³-hybridized carbons (Fsp3) is 0.250. The lowest BCUT2D eigenvalue weighted by Gasteiger charge is -2.14. The van der Waals surface area contributed by atoms with E-state index in [0.717, 1.165) is 17.9 Å². The molecule has 130 valence electrons. The van der Waals surface area contributed by atoms with Crippen LogP contribution >= 0.6 is 11.3 Å². The van der Waals surface area contributed by atoms with E-state index >= 15 is 0 Å². The van der Waals surface area contributed by atoms with E-state index in [1.54, 1.807) is 12.1 Å². The highest BCUT2D eigenvalue weighted by molar-refractivity contribution is 7.18. The van der Waals surface area contributed by atoms with Crippen LogP contribution in [0.5, 0.6) is 0 Å². The number of anilines is 2. The number of amides is 2. The predicted molar refractivity (Wildman–Crippen MR) is 95.9 cm³/mol. The number of ketones is 1. The van der Waals surface area contributed by atoms with Gasteiger partial charge in [0.1, 0.15) is 16.5 Å². The van der Waals surface area contributed by atoms with E-state index in [2.05, 4.69) is 20.6 Å². The van der Waals surface area contributed by atoms with Crippen molar-refractivity contribution in [2.24, 2.45) is 5.73 Å². The SMILES string of the molecule is CCNc1ccc(C(O)=C2CCc3nc(NC(N)=O)sc3C2=O)cn1. The van der Waals surface area contributed by atoms with Crippen LogP contribution in [0.2, 0.25) is 0 Å². The number of nitrogens with zero attached hydrogens (tertiary/aromatic N) is 2. The van der Waals surface area contributed by atoms with Gasteiger partial charge in [-0.15, -0.1) is 0 Å². The van der Waals surface area contributed by atoms with Gasteiger partial charge in [0.15, 0.2) is 5.13 Å². The Labute approximate surface area is 147 Å². The fourth-order valence-corrected chi connectivity index (χ4v) is 3.55. The number of allylic oxidation sites excluding steroid dienone is 1. The van der Waals surface area contributed by atoms with Crippen molar-refractivity contribution in [1.29, 1.82) is 0 Å². The van der Waals surface area contributed by atoms with Gasteiger partial charge in [-0.2, -0.15) is 0 Å². The van der Waals surface area contributed by atoms with Crippen LogP contribution in [0, 0.1) is 0 Å². The molecule has 0 bridgehead atoms. The van der Waals surface area contributed by atoms with Crippen LogP contribution < -0.4 is 16.4 Å². The zero-order valence-corrected chi connectivity index (χ0v) is 14.3. The van der Waals surface area contributed by atoms with Gasteiger partial charge < -0.3 is 16.2 Å². The first-order valence-electron chi connectivity index (χ1n) is 7.72. The number of thiazole rings is 1. The summed E-state index contributed by atoms with van der Waals surface area (Å²) < 4.78 is 0. The van der Waals surface area contributed by atoms with Crippen molar-refractivity contribution in [3.63, 3.8) is 0 Å². The molecule has 1 aliphatic carbocycles. The third-order valence-corrected chi connectivity index (χ3v) is 4.71. The number of aliphatic hydroxyl groups is 1. The Morgan fingerprint density at radius 1 is 1.40 bits per heavy atom. The molecule has 0 saturated carbocycles. The normalized spacial score (nSPS) is 15.5. The van der Waals surface area contributed by atoms with Gasteiger partial charge in [-0.25, -0.2) is 14.8 Å². The first-order chi connectivity index (χ1) is 12.0. The van der Waals surface area contributed by atoms with Crippen molar-refractivity contribution >= 4 is 39.9 Å². The van der Waals surface area contributed by atoms with Gasteiger partial charge in [0.05, 0.1) is 5.69 Å². The van der Waals surface area contributed by atoms with Crippen LogP contribution in [0.1, 0.15) is 34.3 Å². The molecule has 0 aliphatic heterocycles. The summed E-state index contributed by atoms with van der Waals surface area (Å²) in [6.07, 6.45) is 2.39. The van der Waals surface area contributed by atoms with Crippen LogP contribution in [0.15, 0.2) is 23.9 Å². The van der Waals surface area contributed by atoms with Gasteiger partial charge in [0.25, 0.3) is 0 Å². The smallest absolute Gasteiger partial charge is 0.318 e. The molecule has 0 spiro atoms. The van der Waals surface area contributed by atoms with Gasteiger partial charge in [-0.3, -0.25) is 10.1 Å². The van der Waals surface area contributed by atoms with E-state index in [0.29, 0.717) is 40.4 Å². The number of nitrogens with one attached hydrogen (secondary N) is 2. The Hall–Kier alpha value is -2.94. The molecule has 0 fully saturated rings. The summed E-state index contributed by atoms with van der Waals surface area (Å²) in [6, 6.07) is 2.72. The number of fused-ring (bicyclic) bond motifs is 1. The van der Waals surface area contributed by atoms with Gasteiger partial charge in [-0.1, -0.05) is 11.3 Å². The highest BCUT2D eigenvalue weighted by Crippen LogP contribution is 2.34. The number of carbonyl (C=O) groups excluding carboxylic acids is 2. The molecule has 5 N–H and O–H groups in total. The molecule has 2 heterocycles. The van der Waals surface area contributed by atoms with Crippen LogP contribution in [0.3, 0.4) is 0 Å². The number of rotatable bonds is 4. The standard InChI is InChI=1S/C16H17N5O3S/c1-2-18-11-6-3-8(7-19-11)12(22)9-4-5-10-14(13(9)23)25-16(20-10)21-15(17)24/h3,6-7,22H,2,4-5H2,1H3,(H,18,19)(H3,17,20,21,24). The first kappa shape index (κ1) is 16.9. The lowest BCUT2D eigenvalue weighted by molar-refractivity contribution is 0.102. The number of nitrogens with two attached hydrogens (primary N) is 1. The molecule has 2 aromatic rings. The van der Waals surface area contributed by atoms with Crippen molar-refractivity contribution in [3.05, 3.63) is 40.0 Å². The van der Waals surface area contributed by atoms with Crippen molar-refractivity contribution in [1.82, 2.24) is 9.97 Å². The lowest BCUT2D eigenvalue weighted by atomic mass is 9.93. The zero-order valence-electron chi connectivity index (χ0n) is 13.5. The molecule has 0 atom stereocenters. The Morgan fingerprint density at radius 2 is 2.20 bits per heavy atom. The Bertz CT molecular complexity index is 857. The summed E-state index contributed by atoms with van der Waals surface area (Å²) in [7, 11) is 0. The van der Waals surface area contributed by atoms with E-state index in [9.17, 15) is 14.7 Å². The van der Waals surface area contributed by atoms with Gasteiger partial charge in [0, 0.05) is 23.9 Å². The third kappa shape index (κ3) is 3.45. The minimum absolute atomic E-state index is 0.0796. The summed E-state index contributed by atoms with van der Waals surface area (Å²) in [4.78, 5) is 32.4. The number of hydrogen-bond donors (Lipinski definition) is 4. The number of aromatic nitrogens is 2. The van der Waals surface area contributed by atoms with Crippen molar-refractivity contribution < 1.29 is 14.7 Å². The van der Waals surface area contributed by atoms with Crippen LogP contribution in [-0.4, -0.2) is 33.4 Å². The van der Waals surface area contributed by atoms with Crippen LogP contribution in [-0.2, 0) is 6.42 Å². The minimum Gasteiger partial charge on any atom is -0.507 e. The molecule has 9 heteroatoms. The van der Waals surface area contributed by atoms with Crippen molar-refractivity contribution in [2.75, 3.05) is 17.2 Å². The number of carbonyl (C=O) groups is 2. The van der Waals surface area contributed by atoms with Gasteiger partial charge in [0.2, 0.25) is 5.78 Å². The summed E-state index contributed by atoms with van der Waals surface area (Å²) >= 11 is 1.05. The number of pyridine rings is 1. The molecule has 0 radical (unpaired) electrons. The topological polar surface area (TPSA) is 130 Å². The quantitative estimate of drug-likeness (QED) is 0.490. The zero-order chi connectivity index (χ0) is 18.0. The number of Topliss-reactive ketones (excluding diaryl/α,β-unsaturated/α-hetero) is 1. The molecule has 2 aromatic heterocycles. The molecule has 8 nitrogen and oxygen atoms in total. The monoisotopic (exact) mass is 359 g/mol. The van der Waals surface area contributed by atoms with Gasteiger partial charge in [-0.05, 0) is 31.9 Å². The van der Waals surface area contributed by atoms with Crippen LogP contribution in [0.4, 0.5) is 15.7 Å². The number of urea groups is 1. The van der Waals surface area contributed by atoms with E-state index in [1.807, 2.05) is 6.92 Å². The first-order valence-corrected chi connectivity index (χ1v) is 8.54. The van der Waals surface area contributed by atoms with Gasteiger partial charge >= 0.3 is 6.03 Å². The maximum atomic E-state index is 12.7. The number of primary amides is 1. The van der Waals surface area contributed by atoms with E-state index < -0.39 is 6.03 Å². The van der Waals surface area contributed by atoms with E-state index in [-0.39, 0.29) is 16.7 Å². The Balaban J connectivity index is 1.90. The highest BCUT2D eigenvalue weighted by Gasteiger charge is 2.29. The largest absolute Gasteiger partial charge is 0.507 e. The summed E-state index contributed by atoms with van der Waals surface area (Å²) in [6.45, 7) is 2.71. The molecular weight excluding hydrogens is 342 g/mol. The molecule has 25 heavy (non-hydrogen) atoms. The maximum Gasteiger partial charge on any atom is 0.318 e. The summed E-state index contributed by atoms with van der Waals surface area (Å²) in [5.41, 5.74) is 6.48. The highest BCUT2D eigenvalue weighted by atomic mass is 32.1. The predicted octanol–water partition coefficient (Wildman–Crippen LogP) is 2.56. The molecular formula is C16H17N5O3S. The second kappa shape index (κ2) is 6.89.